The summed E-state index contributed by atoms with van der Waals surface area (Å²) in [5.41, 5.74) is 1.91. The van der Waals surface area contributed by atoms with Crippen LogP contribution >= 0.6 is 0 Å². The van der Waals surface area contributed by atoms with Crippen molar-refractivity contribution in [1.82, 2.24) is 5.32 Å². The molecule has 1 saturated carbocycles. The lowest BCUT2D eigenvalue weighted by Gasteiger charge is -2.39. The van der Waals surface area contributed by atoms with E-state index in [-0.39, 0.29) is 5.91 Å². The monoisotopic (exact) mass is 288 g/mol. The minimum Gasteiger partial charge on any atom is -0.378 e. The van der Waals surface area contributed by atoms with E-state index in [0.717, 1.165) is 38.1 Å². The number of hydrogen-bond donors (Lipinski definition) is 1. The van der Waals surface area contributed by atoms with Crippen molar-refractivity contribution in [3.8, 4) is 0 Å². The zero-order valence-electron chi connectivity index (χ0n) is 12.8. The smallest absolute Gasteiger partial charge is 0.251 e. The lowest BCUT2D eigenvalue weighted by atomic mass is 9.76. The van der Waals surface area contributed by atoms with Crippen molar-refractivity contribution in [1.29, 1.82) is 0 Å². The summed E-state index contributed by atoms with van der Waals surface area (Å²) in [5, 5.41) is 3.15. The largest absolute Gasteiger partial charge is 0.378 e. The van der Waals surface area contributed by atoms with Crippen molar-refractivity contribution in [2.75, 3.05) is 24.6 Å². The van der Waals surface area contributed by atoms with Crippen molar-refractivity contribution < 1.29 is 9.53 Å². The van der Waals surface area contributed by atoms with Crippen molar-refractivity contribution >= 4 is 11.6 Å². The van der Waals surface area contributed by atoms with Gasteiger partial charge in [-0.15, -0.1) is 0 Å². The van der Waals surface area contributed by atoms with Crippen LogP contribution in [0.5, 0.6) is 0 Å². The molecule has 1 heterocycles. The number of fused-ring (bicyclic) bond motifs is 1. The molecule has 1 N–H and O–H groups in total. The van der Waals surface area contributed by atoms with Gasteiger partial charge in [0.05, 0.1) is 6.10 Å². The van der Waals surface area contributed by atoms with Gasteiger partial charge in [-0.05, 0) is 51.0 Å². The molecule has 0 unspecified atom stereocenters. The van der Waals surface area contributed by atoms with Gasteiger partial charge in [0, 0.05) is 42.9 Å². The number of carbonyl (C=O) groups excluding carboxylic acids is 1. The molecular formula is C17H24N2O2. The molecule has 0 bridgehead atoms. The third-order valence-electron chi connectivity index (χ3n) is 4.84. The first-order valence-electron chi connectivity index (χ1n) is 8.00. The molecule has 4 heteroatoms. The number of benzene rings is 1. The molecule has 0 spiro atoms. The average molecular weight is 288 g/mol. The van der Waals surface area contributed by atoms with Crippen molar-refractivity contribution in [3.63, 3.8) is 0 Å². The Hall–Kier alpha value is -1.55. The average Bonchev–Trinajstić information content (AvgIpc) is 2.88. The van der Waals surface area contributed by atoms with Crippen LogP contribution < -0.4 is 10.2 Å². The highest BCUT2D eigenvalue weighted by atomic mass is 16.5. The number of hydrogen-bond acceptors (Lipinski definition) is 3. The summed E-state index contributed by atoms with van der Waals surface area (Å²) in [4.78, 5) is 14.6. The van der Waals surface area contributed by atoms with Crippen LogP contribution in [-0.2, 0) is 4.74 Å². The van der Waals surface area contributed by atoms with Crippen LogP contribution in [0.25, 0.3) is 0 Å². The fraction of sp³-hybridized carbons (Fsp3) is 0.588. The van der Waals surface area contributed by atoms with E-state index in [1.165, 1.54) is 5.69 Å². The number of rotatable bonds is 5. The van der Waals surface area contributed by atoms with E-state index < -0.39 is 0 Å². The quantitative estimate of drug-likeness (QED) is 0.905. The third-order valence-corrected chi connectivity index (χ3v) is 4.84. The van der Waals surface area contributed by atoms with E-state index in [1.807, 2.05) is 24.3 Å². The van der Waals surface area contributed by atoms with Gasteiger partial charge in [0.2, 0.25) is 0 Å². The second kappa shape index (κ2) is 6.06. The molecule has 1 aromatic carbocycles. The molecule has 3 atom stereocenters. The number of nitrogens with one attached hydrogen (secondary N) is 1. The molecule has 2 aliphatic rings. The first-order valence-corrected chi connectivity index (χ1v) is 8.00. The zero-order valence-corrected chi connectivity index (χ0v) is 12.8. The highest BCUT2D eigenvalue weighted by molar-refractivity contribution is 5.94. The van der Waals surface area contributed by atoms with Crippen LogP contribution in [0.15, 0.2) is 24.3 Å². The maximum Gasteiger partial charge on any atom is 0.251 e. The van der Waals surface area contributed by atoms with E-state index in [9.17, 15) is 4.79 Å². The van der Waals surface area contributed by atoms with E-state index >= 15 is 0 Å². The van der Waals surface area contributed by atoms with Gasteiger partial charge in [-0.3, -0.25) is 4.79 Å². The number of amides is 1. The predicted molar refractivity (Wildman–Crippen MR) is 83.7 cm³/mol. The topological polar surface area (TPSA) is 41.6 Å². The minimum atomic E-state index is 0.0384. The number of ether oxygens (including phenoxy) is 1. The summed E-state index contributed by atoms with van der Waals surface area (Å²) in [6.45, 7) is 7.09. The molecule has 3 rings (SSSR count). The Bertz CT molecular complexity index is 496. The first kappa shape index (κ1) is 14.4. The summed E-state index contributed by atoms with van der Waals surface area (Å²) in [7, 11) is 0. The van der Waals surface area contributed by atoms with Crippen molar-refractivity contribution in [2.24, 2.45) is 5.92 Å². The van der Waals surface area contributed by atoms with Crippen LogP contribution in [0, 0.1) is 5.92 Å². The standard InChI is InChI=1S/C17H24N2O2/c1-3-19(4-2)13-7-5-12(6-8-13)17(20)18-15-11-16-14(15)9-10-21-16/h5-8,14-16H,3-4,9-11H2,1-2H3,(H,18,20)/t14-,15+,16+/m1/s1. The zero-order chi connectivity index (χ0) is 14.8. The maximum atomic E-state index is 12.3. The van der Waals surface area contributed by atoms with Crippen LogP contribution in [0.2, 0.25) is 0 Å². The molecule has 0 aromatic heterocycles. The van der Waals surface area contributed by atoms with Gasteiger partial charge in [-0.25, -0.2) is 0 Å². The van der Waals surface area contributed by atoms with Gasteiger partial charge in [0.1, 0.15) is 0 Å². The molecule has 1 aliphatic carbocycles. The molecule has 1 aliphatic heterocycles. The molecule has 21 heavy (non-hydrogen) atoms. The molecule has 1 saturated heterocycles. The maximum absolute atomic E-state index is 12.3. The highest BCUT2D eigenvalue weighted by Gasteiger charge is 2.45. The fourth-order valence-corrected chi connectivity index (χ4v) is 3.43. The lowest BCUT2D eigenvalue weighted by molar-refractivity contribution is 0.00810. The normalized spacial score (nSPS) is 26.9. The van der Waals surface area contributed by atoms with Crippen LogP contribution in [-0.4, -0.2) is 37.7 Å². The Morgan fingerprint density at radius 1 is 1.29 bits per heavy atom. The van der Waals surface area contributed by atoms with Crippen LogP contribution in [0.3, 0.4) is 0 Å². The van der Waals surface area contributed by atoms with Crippen molar-refractivity contribution in [2.45, 2.75) is 38.8 Å². The lowest BCUT2D eigenvalue weighted by Crippen LogP contribution is -2.53. The number of anilines is 1. The Morgan fingerprint density at radius 2 is 2.00 bits per heavy atom. The predicted octanol–water partition coefficient (Wildman–Crippen LogP) is 2.44. The summed E-state index contributed by atoms with van der Waals surface area (Å²) in [6, 6.07) is 8.20. The van der Waals surface area contributed by atoms with Gasteiger partial charge >= 0.3 is 0 Å². The van der Waals surface area contributed by atoms with E-state index in [2.05, 4.69) is 24.1 Å². The fourth-order valence-electron chi connectivity index (χ4n) is 3.43. The SMILES string of the molecule is CCN(CC)c1ccc(C(=O)N[C@H]2C[C@@H]3OCC[C@H]23)cc1. The molecular weight excluding hydrogens is 264 g/mol. The molecule has 1 amide bonds. The third kappa shape index (κ3) is 2.77. The number of nitrogens with zero attached hydrogens (tertiary/aromatic N) is 1. The molecule has 114 valence electrons. The van der Waals surface area contributed by atoms with Gasteiger partial charge in [0.15, 0.2) is 0 Å². The highest BCUT2D eigenvalue weighted by Crippen LogP contribution is 2.38. The Morgan fingerprint density at radius 3 is 2.62 bits per heavy atom. The second-order valence-electron chi connectivity index (χ2n) is 5.90. The summed E-state index contributed by atoms with van der Waals surface area (Å²) in [5.74, 6) is 0.570. The summed E-state index contributed by atoms with van der Waals surface area (Å²) >= 11 is 0. The van der Waals surface area contributed by atoms with Gasteiger partial charge in [-0.1, -0.05) is 0 Å². The Kier molecular flexibility index (Phi) is 4.15. The van der Waals surface area contributed by atoms with E-state index in [1.54, 1.807) is 0 Å². The molecule has 2 fully saturated rings. The van der Waals surface area contributed by atoms with E-state index in [0.29, 0.717) is 18.1 Å². The van der Waals surface area contributed by atoms with E-state index in [4.69, 9.17) is 4.74 Å². The molecule has 4 nitrogen and oxygen atoms in total. The summed E-state index contributed by atoms with van der Waals surface area (Å²) < 4.78 is 5.58. The molecule has 0 radical (unpaired) electrons. The van der Waals surface area contributed by atoms with Gasteiger partial charge in [0.25, 0.3) is 5.91 Å². The Balaban J connectivity index is 1.60. The first-order chi connectivity index (χ1) is 10.2. The van der Waals surface area contributed by atoms with Crippen LogP contribution in [0.1, 0.15) is 37.0 Å². The van der Waals surface area contributed by atoms with Crippen molar-refractivity contribution in [3.05, 3.63) is 29.8 Å². The number of carbonyl (C=O) groups is 1. The Labute approximate surface area is 126 Å². The summed E-state index contributed by atoms with van der Waals surface area (Å²) in [6.07, 6.45) is 2.44. The van der Waals surface area contributed by atoms with Crippen LogP contribution in [0.4, 0.5) is 5.69 Å². The minimum absolute atomic E-state index is 0.0384. The van der Waals surface area contributed by atoms with Gasteiger partial charge < -0.3 is 15.0 Å². The second-order valence-corrected chi connectivity index (χ2v) is 5.90. The molecule has 1 aromatic rings. The van der Waals surface area contributed by atoms with Gasteiger partial charge in [-0.2, -0.15) is 0 Å².